The van der Waals surface area contributed by atoms with Crippen LogP contribution in [0.25, 0.3) is 0 Å². The molecule has 1 aromatic rings. The average molecular weight is 285 g/mol. The molecule has 1 aromatic heterocycles. The second-order valence-electron chi connectivity index (χ2n) is 4.94. The Morgan fingerprint density at radius 2 is 2.16 bits per heavy atom. The maximum Gasteiger partial charge on any atom is 0.255 e. The molecule has 1 atom stereocenters. The summed E-state index contributed by atoms with van der Waals surface area (Å²) in [6.45, 7) is 6.31. The van der Waals surface area contributed by atoms with Gasteiger partial charge in [0.05, 0.1) is 22.8 Å². The van der Waals surface area contributed by atoms with Crippen LogP contribution in [0.2, 0.25) is 0 Å². The van der Waals surface area contributed by atoms with E-state index in [1.54, 1.807) is 11.6 Å². The van der Waals surface area contributed by atoms with Crippen LogP contribution in [0.5, 0.6) is 0 Å². The first-order valence-electron chi connectivity index (χ1n) is 6.39. The van der Waals surface area contributed by atoms with E-state index in [-0.39, 0.29) is 23.5 Å². The van der Waals surface area contributed by atoms with Gasteiger partial charge in [-0.2, -0.15) is 5.10 Å². The van der Waals surface area contributed by atoms with Crippen molar-refractivity contribution in [1.29, 1.82) is 0 Å². The molecule has 1 fully saturated rings. The topological polar surface area (TPSA) is 81.1 Å². The van der Waals surface area contributed by atoms with E-state index < -0.39 is 9.84 Å². The standard InChI is InChI=1S/C12H19N3O3S/c1-4-15-9(3)11(8(2)14-15)12(16)13-10-5-6-19(17,18)7-10/h10H,4-7H2,1-3H3,(H,13,16)/t10-/m0/s1. The molecule has 0 aliphatic carbocycles. The van der Waals surface area contributed by atoms with Crippen LogP contribution in [0.1, 0.15) is 35.1 Å². The Bertz CT molecular complexity index is 604. The number of aromatic nitrogens is 2. The molecular weight excluding hydrogens is 266 g/mol. The van der Waals surface area contributed by atoms with Gasteiger partial charge in [-0.1, -0.05) is 0 Å². The maximum atomic E-state index is 12.2. The highest BCUT2D eigenvalue weighted by molar-refractivity contribution is 7.91. The van der Waals surface area contributed by atoms with Crippen molar-refractivity contribution >= 4 is 15.7 Å². The third-order valence-electron chi connectivity index (χ3n) is 3.48. The molecule has 1 aliphatic heterocycles. The summed E-state index contributed by atoms with van der Waals surface area (Å²) in [5, 5.41) is 7.09. The van der Waals surface area contributed by atoms with E-state index in [9.17, 15) is 13.2 Å². The minimum absolute atomic E-state index is 0.0404. The molecule has 2 rings (SSSR count). The molecule has 1 aliphatic rings. The summed E-state index contributed by atoms with van der Waals surface area (Å²) in [5.41, 5.74) is 2.06. The van der Waals surface area contributed by atoms with Gasteiger partial charge in [0.1, 0.15) is 0 Å². The van der Waals surface area contributed by atoms with Crippen LogP contribution in [0.4, 0.5) is 0 Å². The molecule has 19 heavy (non-hydrogen) atoms. The van der Waals surface area contributed by atoms with E-state index in [1.807, 2.05) is 13.8 Å². The van der Waals surface area contributed by atoms with Crippen LogP contribution in [0.3, 0.4) is 0 Å². The molecule has 1 amide bonds. The number of aryl methyl sites for hydroxylation is 2. The lowest BCUT2D eigenvalue weighted by atomic mass is 10.1. The fourth-order valence-electron chi connectivity index (χ4n) is 2.50. The Balaban J connectivity index is 2.15. The number of hydrogen-bond donors (Lipinski definition) is 1. The first-order chi connectivity index (χ1) is 8.84. The summed E-state index contributed by atoms with van der Waals surface area (Å²) in [6.07, 6.45) is 0.494. The molecular formula is C12H19N3O3S. The van der Waals surface area contributed by atoms with E-state index in [0.717, 1.165) is 5.69 Å². The molecule has 106 valence electrons. The zero-order valence-electron chi connectivity index (χ0n) is 11.4. The van der Waals surface area contributed by atoms with Gasteiger partial charge in [0.2, 0.25) is 0 Å². The van der Waals surface area contributed by atoms with Gasteiger partial charge >= 0.3 is 0 Å². The normalized spacial score (nSPS) is 21.5. The van der Waals surface area contributed by atoms with Crippen LogP contribution < -0.4 is 5.32 Å². The number of nitrogens with zero attached hydrogens (tertiary/aromatic N) is 2. The number of amides is 1. The molecule has 7 heteroatoms. The fraction of sp³-hybridized carbons (Fsp3) is 0.667. The SMILES string of the molecule is CCn1nc(C)c(C(=O)N[C@H]2CCS(=O)(=O)C2)c1C. The monoisotopic (exact) mass is 285 g/mol. The Hall–Kier alpha value is -1.37. The number of nitrogens with one attached hydrogen (secondary N) is 1. The number of hydrogen-bond acceptors (Lipinski definition) is 4. The predicted octanol–water partition coefficient (Wildman–Crippen LogP) is 0.437. The highest BCUT2D eigenvalue weighted by atomic mass is 32.2. The lowest BCUT2D eigenvalue weighted by Gasteiger charge is -2.11. The van der Waals surface area contributed by atoms with E-state index >= 15 is 0 Å². The highest BCUT2D eigenvalue weighted by Gasteiger charge is 2.30. The second kappa shape index (κ2) is 4.96. The summed E-state index contributed by atoms with van der Waals surface area (Å²) in [6, 6.07) is -0.277. The van der Waals surface area contributed by atoms with Crippen LogP contribution >= 0.6 is 0 Å². The van der Waals surface area contributed by atoms with Crippen molar-refractivity contribution in [2.45, 2.75) is 39.8 Å². The summed E-state index contributed by atoms with van der Waals surface area (Å²) < 4.78 is 24.5. The zero-order valence-corrected chi connectivity index (χ0v) is 12.2. The third-order valence-corrected chi connectivity index (χ3v) is 5.24. The van der Waals surface area contributed by atoms with Crippen molar-refractivity contribution in [3.05, 3.63) is 17.0 Å². The van der Waals surface area contributed by atoms with Crippen LogP contribution in [0, 0.1) is 13.8 Å². The molecule has 0 radical (unpaired) electrons. The van der Waals surface area contributed by atoms with Crippen LogP contribution in [-0.2, 0) is 16.4 Å². The summed E-state index contributed by atoms with van der Waals surface area (Å²) >= 11 is 0. The average Bonchev–Trinajstić information content (AvgIpc) is 2.78. The summed E-state index contributed by atoms with van der Waals surface area (Å²) in [5.74, 6) is -0.0279. The Morgan fingerprint density at radius 1 is 1.47 bits per heavy atom. The number of carbonyl (C=O) groups excluding carboxylic acids is 1. The highest BCUT2D eigenvalue weighted by Crippen LogP contribution is 2.16. The Morgan fingerprint density at radius 3 is 2.63 bits per heavy atom. The number of sulfone groups is 1. The fourth-order valence-corrected chi connectivity index (χ4v) is 4.17. The van der Waals surface area contributed by atoms with Crippen molar-refractivity contribution in [2.24, 2.45) is 0 Å². The van der Waals surface area contributed by atoms with Crippen LogP contribution in [0.15, 0.2) is 0 Å². The van der Waals surface area contributed by atoms with Gasteiger partial charge in [0.25, 0.3) is 5.91 Å². The third kappa shape index (κ3) is 2.80. The van der Waals surface area contributed by atoms with Crippen molar-refractivity contribution in [1.82, 2.24) is 15.1 Å². The maximum absolute atomic E-state index is 12.2. The van der Waals surface area contributed by atoms with E-state index in [4.69, 9.17) is 0 Å². The summed E-state index contributed by atoms with van der Waals surface area (Å²) in [4.78, 5) is 12.2. The molecule has 6 nitrogen and oxygen atoms in total. The Kier molecular flexibility index (Phi) is 3.66. The Labute approximate surface area is 113 Å². The largest absolute Gasteiger partial charge is 0.348 e. The van der Waals surface area contributed by atoms with Crippen molar-refractivity contribution in [2.75, 3.05) is 11.5 Å². The van der Waals surface area contributed by atoms with Crippen molar-refractivity contribution in [3.63, 3.8) is 0 Å². The first kappa shape index (κ1) is 14.0. The van der Waals surface area contributed by atoms with E-state index in [1.165, 1.54) is 0 Å². The lowest BCUT2D eigenvalue weighted by molar-refractivity contribution is 0.0940. The predicted molar refractivity (Wildman–Crippen MR) is 71.9 cm³/mol. The number of carbonyl (C=O) groups is 1. The van der Waals surface area contributed by atoms with E-state index in [2.05, 4.69) is 10.4 Å². The second-order valence-corrected chi connectivity index (χ2v) is 7.16. The molecule has 0 aromatic carbocycles. The van der Waals surface area contributed by atoms with Gasteiger partial charge in [-0.15, -0.1) is 0 Å². The van der Waals surface area contributed by atoms with Gasteiger partial charge < -0.3 is 5.32 Å². The lowest BCUT2D eigenvalue weighted by Crippen LogP contribution is -2.36. The van der Waals surface area contributed by atoms with Gasteiger partial charge in [0, 0.05) is 18.3 Å². The van der Waals surface area contributed by atoms with E-state index in [0.29, 0.717) is 24.2 Å². The van der Waals surface area contributed by atoms with Crippen LogP contribution in [-0.4, -0.2) is 41.7 Å². The smallest absolute Gasteiger partial charge is 0.255 e. The molecule has 1 saturated heterocycles. The number of rotatable bonds is 3. The van der Waals surface area contributed by atoms with Gasteiger partial charge in [-0.05, 0) is 27.2 Å². The summed E-state index contributed by atoms with van der Waals surface area (Å²) in [7, 11) is -2.98. The van der Waals surface area contributed by atoms with Gasteiger partial charge in [-0.3, -0.25) is 9.48 Å². The van der Waals surface area contributed by atoms with Crippen molar-refractivity contribution in [3.8, 4) is 0 Å². The molecule has 0 spiro atoms. The molecule has 0 unspecified atom stereocenters. The van der Waals surface area contributed by atoms with Gasteiger partial charge in [-0.25, -0.2) is 8.42 Å². The molecule has 1 N–H and O–H groups in total. The van der Waals surface area contributed by atoms with Gasteiger partial charge in [0.15, 0.2) is 9.84 Å². The minimum atomic E-state index is -2.98. The quantitative estimate of drug-likeness (QED) is 0.873. The molecule has 0 saturated carbocycles. The van der Waals surface area contributed by atoms with Crippen molar-refractivity contribution < 1.29 is 13.2 Å². The first-order valence-corrected chi connectivity index (χ1v) is 8.21. The molecule has 0 bridgehead atoms. The zero-order chi connectivity index (χ0) is 14.2. The molecule has 2 heterocycles. The minimum Gasteiger partial charge on any atom is -0.348 e.